The highest BCUT2D eigenvalue weighted by Gasteiger charge is 2.23. The number of benzene rings is 1. The second-order valence-electron chi connectivity index (χ2n) is 5.07. The van der Waals surface area contributed by atoms with E-state index in [9.17, 15) is 13.6 Å². The Morgan fingerprint density at radius 3 is 2.60 bits per heavy atom. The Hall–Kier alpha value is -1.69. The molecule has 0 spiro atoms. The number of anilines is 1. The van der Waals surface area contributed by atoms with Gasteiger partial charge in [-0.2, -0.15) is 0 Å². The van der Waals surface area contributed by atoms with Crippen molar-refractivity contribution in [1.29, 1.82) is 0 Å². The van der Waals surface area contributed by atoms with Crippen molar-refractivity contribution in [1.82, 2.24) is 5.32 Å². The predicted octanol–water partition coefficient (Wildman–Crippen LogP) is 2.09. The van der Waals surface area contributed by atoms with Gasteiger partial charge in [-0.05, 0) is 31.7 Å². The molecule has 4 nitrogen and oxygen atoms in total. The third-order valence-electron chi connectivity index (χ3n) is 3.67. The Kier molecular flexibility index (Phi) is 4.54. The van der Waals surface area contributed by atoms with Gasteiger partial charge in [0.2, 0.25) is 0 Å². The summed E-state index contributed by atoms with van der Waals surface area (Å²) < 4.78 is 31.4. The molecular weight excluding hydrogens is 266 g/mol. The van der Waals surface area contributed by atoms with Gasteiger partial charge in [-0.1, -0.05) is 0 Å². The van der Waals surface area contributed by atoms with Crippen LogP contribution < -0.4 is 11.1 Å². The molecule has 1 amide bonds. The molecule has 1 atom stereocenters. The molecule has 2 rings (SSSR count). The Morgan fingerprint density at radius 1 is 1.35 bits per heavy atom. The van der Waals surface area contributed by atoms with Gasteiger partial charge < -0.3 is 15.8 Å². The zero-order chi connectivity index (χ0) is 14.7. The Balaban J connectivity index is 2.06. The summed E-state index contributed by atoms with van der Waals surface area (Å²) in [5.74, 6) is -2.31. The zero-order valence-corrected chi connectivity index (χ0v) is 11.3. The lowest BCUT2D eigenvalue weighted by atomic mass is 9.92. The smallest absolute Gasteiger partial charge is 0.253 e. The van der Waals surface area contributed by atoms with E-state index in [1.807, 2.05) is 6.92 Å². The van der Waals surface area contributed by atoms with Gasteiger partial charge in [0, 0.05) is 31.0 Å². The van der Waals surface area contributed by atoms with Gasteiger partial charge in [0.25, 0.3) is 5.91 Å². The van der Waals surface area contributed by atoms with Crippen LogP contribution in [0.1, 0.15) is 30.1 Å². The van der Waals surface area contributed by atoms with Crippen LogP contribution in [0, 0.1) is 17.6 Å². The van der Waals surface area contributed by atoms with Crippen molar-refractivity contribution < 1.29 is 18.3 Å². The van der Waals surface area contributed by atoms with Crippen LogP contribution in [0.15, 0.2) is 12.1 Å². The molecule has 1 aromatic rings. The highest BCUT2D eigenvalue weighted by Crippen LogP contribution is 2.21. The maximum Gasteiger partial charge on any atom is 0.253 e. The van der Waals surface area contributed by atoms with E-state index in [2.05, 4.69) is 5.32 Å². The number of nitrogens with one attached hydrogen (secondary N) is 1. The highest BCUT2D eigenvalue weighted by atomic mass is 19.2. The minimum atomic E-state index is -1.08. The van der Waals surface area contributed by atoms with Crippen molar-refractivity contribution in [3.8, 4) is 0 Å². The van der Waals surface area contributed by atoms with E-state index >= 15 is 0 Å². The summed E-state index contributed by atoms with van der Waals surface area (Å²) in [7, 11) is 0. The van der Waals surface area contributed by atoms with Crippen LogP contribution in [-0.4, -0.2) is 25.2 Å². The van der Waals surface area contributed by atoms with Gasteiger partial charge in [0.05, 0.1) is 5.56 Å². The molecule has 3 N–H and O–H groups in total. The summed E-state index contributed by atoms with van der Waals surface area (Å²) in [4.78, 5) is 12.1. The van der Waals surface area contributed by atoms with Crippen molar-refractivity contribution in [2.45, 2.75) is 25.8 Å². The number of carbonyl (C=O) groups excluding carboxylic acids is 1. The van der Waals surface area contributed by atoms with Crippen molar-refractivity contribution in [3.05, 3.63) is 29.3 Å². The van der Waals surface area contributed by atoms with Gasteiger partial charge in [-0.3, -0.25) is 4.79 Å². The molecule has 1 aliphatic rings. The molecular formula is C14H18F2N2O2. The first-order chi connectivity index (χ1) is 9.49. The van der Waals surface area contributed by atoms with Gasteiger partial charge >= 0.3 is 0 Å². The normalized spacial score (nSPS) is 17.8. The van der Waals surface area contributed by atoms with Crippen LogP contribution in [0.2, 0.25) is 0 Å². The number of nitrogen functional groups attached to an aromatic ring is 1. The average molecular weight is 284 g/mol. The Morgan fingerprint density at radius 2 is 1.95 bits per heavy atom. The zero-order valence-electron chi connectivity index (χ0n) is 11.3. The molecule has 20 heavy (non-hydrogen) atoms. The Bertz CT molecular complexity index is 502. The molecule has 1 heterocycles. The molecule has 0 bridgehead atoms. The van der Waals surface area contributed by atoms with Gasteiger partial charge in [-0.25, -0.2) is 8.78 Å². The lowest BCUT2D eigenvalue weighted by molar-refractivity contribution is 0.0538. The molecule has 110 valence electrons. The number of hydrogen-bond donors (Lipinski definition) is 2. The summed E-state index contributed by atoms with van der Waals surface area (Å²) in [6, 6.07) is 1.58. The van der Waals surface area contributed by atoms with E-state index in [0.29, 0.717) is 19.1 Å². The maximum atomic E-state index is 13.2. The number of rotatable bonds is 3. The summed E-state index contributed by atoms with van der Waals surface area (Å²) in [6.45, 7) is 3.25. The van der Waals surface area contributed by atoms with Crippen LogP contribution in [-0.2, 0) is 4.74 Å². The minimum Gasteiger partial charge on any atom is -0.398 e. The topological polar surface area (TPSA) is 64.4 Å². The number of nitrogens with two attached hydrogens (primary N) is 1. The van der Waals surface area contributed by atoms with Crippen molar-refractivity contribution in [3.63, 3.8) is 0 Å². The van der Waals surface area contributed by atoms with E-state index in [1.165, 1.54) is 0 Å². The molecule has 0 saturated carbocycles. The molecule has 6 heteroatoms. The minimum absolute atomic E-state index is 0.0391. The van der Waals surface area contributed by atoms with Crippen LogP contribution in [0.5, 0.6) is 0 Å². The first kappa shape index (κ1) is 14.7. The number of hydrogen-bond acceptors (Lipinski definition) is 3. The molecule has 1 saturated heterocycles. The number of ether oxygens (including phenoxy) is 1. The maximum absolute atomic E-state index is 13.2. The van der Waals surface area contributed by atoms with E-state index in [4.69, 9.17) is 10.5 Å². The second-order valence-corrected chi connectivity index (χ2v) is 5.07. The lowest BCUT2D eigenvalue weighted by Gasteiger charge is -2.28. The molecule has 1 fully saturated rings. The average Bonchev–Trinajstić information content (AvgIpc) is 2.43. The predicted molar refractivity (Wildman–Crippen MR) is 71.2 cm³/mol. The van der Waals surface area contributed by atoms with Crippen molar-refractivity contribution >= 4 is 11.6 Å². The largest absolute Gasteiger partial charge is 0.398 e. The molecule has 0 aromatic heterocycles. The molecule has 0 radical (unpaired) electrons. The summed E-state index contributed by atoms with van der Waals surface area (Å²) in [5, 5.41) is 2.79. The standard InChI is InChI=1S/C14H18F2N2O2/c1-8(9-2-4-20-5-3-9)18-14(19)10-6-11(15)12(16)7-13(10)17/h6-9H,2-5,17H2,1H3,(H,18,19). The second kappa shape index (κ2) is 6.17. The van der Waals surface area contributed by atoms with Gasteiger partial charge in [0.15, 0.2) is 11.6 Å². The molecule has 1 aliphatic heterocycles. The van der Waals surface area contributed by atoms with Crippen LogP contribution in [0.3, 0.4) is 0 Å². The first-order valence-corrected chi connectivity index (χ1v) is 6.62. The third kappa shape index (κ3) is 3.25. The van der Waals surface area contributed by atoms with Gasteiger partial charge in [-0.15, -0.1) is 0 Å². The summed E-state index contributed by atoms with van der Waals surface area (Å²) >= 11 is 0. The fourth-order valence-electron chi connectivity index (χ4n) is 2.38. The van der Waals surface area contributed by atoms with Gasteiger partial charge in [0.1, 0.15) is 0 Å². The van der Waals surface area contributed by atoms with Crippen LogP contribution in [0.4, 0.5) is 14.5 Å². The number of amides is 1. The monoisotopic (exact) mass is 284 g/mol. The lowest BCUT2D eigenvalue weighted by Crippen LogP contribution is -2.40. The summed E-state index contributed by atoms with van der Waals surface area (Å²) in [6.07, 6.45) is 1.74. The highest BCUT2D eigenvalue weighted by molar-refractivity contribution is 5.99. The molecule has 1 unspecified atom stereocenters. The van der Waals surface area contributed by atoms with Crippen molar-refractivity contribution in [2.24, 2.45) is 5.92 Å². The molecule has 0 aliphatic carbocycles. The fourth-order valence-corrected chi connectivity index (χ4v) is 2.38. The number of halogens is 2. The van der Waals surface area contributed by atoms with E-state index in [0.717, 1.165) is 25.0 Å². The Labute approximate surface area is 116 Å². The van der Waals surface area contributed by atoms with E-state index < -0.39 is 17.5 Å². The van der Waals surface area contributed by atoms with Crippen LogP contribution >= 0.6 is 0 Å². The summed E-state index contributed by atoms with van der Waals surface area (Å²) in [5.41, 5.74) is 5.45. The fraction of sp³-hybridized carbons (Fsp3) is 0.500. The third-order valence-corrected chi connectivity index (χ3v) is 3.67. The van der Waals surface area contributed by atoms with Crippen LogP contribution in [0.25, 0.3) is 0 Å². The first-order valence-electron chi connectivity index (χ1n) is 6.62. The van der Waals surface area contributed by atoms with E-state index in [-0.39, 0.29) is 17.3 Å². The van der Waals surface area contributed by atoms with E-state index in [1.54, 1.807) is 0 Å². The SMILES string of the molecule is CC(NC(=O)c1cc(F)c(F)cc1N)C1CCOCC1. The van der Waals surface area contributed by atoms with Crippen molar-refractivity contribution in [2.75, 3.05) is 18.9 Å². The number of carbonyl (C=O) groups is 1. The molecule has 1 aromatic carbocycles. The quantitative estimate of drug-likeness (QED) is 0.835.